The number of hydrogen-bond acceptors (Lipinski definition) is 4. The van der Waals surface area contributed by atoms with Gasteiger partial charge >= 0.3 is 0 Å². The van der Waals surface area contributed by atoms with Crippen molar-refractivity contribution in [1.82, 2.24) is 15.1 Å². The number of nitrogens with zero attached hydrogens (tertiary/aromatic N) is 2. The Labute approximate surface area is 169 Å². The lowest BCUT2D eigenvalue weighted by atomic mass is 9.93. The van der Waals surface area contributed by atoms with Crippen molar-refractivity contribution in [3.8, 4) is 17.0 Å². The van der Waals surface area contributed by atoms with Crippen LogP contribution >= 0.6 is 0 Å². The number of aliphatic hydroxyl groups is 1. The number of benzene rings is 2. The molecular formula is C23H25N3O3. The quantitative estimate of drug-likeness (QED) is 0.621. The molecule has 0 saturated carbocycles. The Morgan fingerprint density at radius 1 is 1.17 bits per heavy atom. The van der Waals surface area contributed by atoms with Gasteiger partial charge in [0.2, 0.25) is 0 Å². The van der Waals surface area contributed by atoms with Crippen LogP contribution in [0.25, 0.3) is 11.3 Å². The Balaban J connectivity index is 1.91. The highest BCUT2D eigenvalue weighted by Gasteiger charge is 2.42. The van der Waals surface area contributed by atoms with Gasteiger partial charge in [-0.25, -0.2) is 0 Å². The maximum Gasteiger partial charge on any atom is 0.273 e. The fraction of sp³-hybridized carbons (Fsp3) is 0.304. The number of H-pyrrole nitrogens is 1. The van der Waals surface area contributed by atoms with Crippen molar-refractivity contribution < 1.29 is 15.0 Å². The first-order valence-electron chi connectivity index (χ1n) is 9.85. The van der Waals surface area contributed by atoms with Gasteiger partial charge < -0.3 is 15.1 Å². The molecule has 4 rings (SSSR count). The third kappa shape index (κ3) is 3.09. The Morgan fingerprint density at radius 3 is 2.55 bits per heavy atom. The van der Waals surface area contributed by atoms with Crippen molar-refractivity contribution in [3.05, 3.63) is 69.9 Å². The van der Waals surface area contributed by atoms with E-state index in [4.69, 9.17) is 0 Å². The minimum absolute atomic E-state index is 0.128. The average Bonchev–Trinajstić information content (AvgIpc) is 3.25. The zero-order valence-corrected chi connectivity index (χ0v) is 16.9. The van der Waals surface area contributed by atoms with E-state index in [2.05, 4.69) is 29.3 Å². The van der Waals surface area contributed by atoms with Crippen LogP contribution < -0.4 is 0 Å². The normalized spacial score (nSPS) is 15.8. The number of amides is 1. The van der Waals surface area contributed by atoms with Crippen LogP contribution in [0.2, 0.25) is 0 Å². The molecule has 1 atom stereocenters. The number of hydrogen-bond donors (Lipinski definition) is 3. The van der Waals surface area contributed by atoms with Crippen molar-refractivity contribution in [2.45, 2.75) is 33.2 Å². The minimum Gasteiger partial charge on any atom is -0.507 e. The number of phenolic OH excluding ortho intramolecular Hbond substituents is 1. The molecule has 2 aromatic carbocycles. The van der Waals surface area contributed by atoms with Gasteiger partial charge in [0.15, 0.2) is 0 Å². The van der Waals surface area contributed by atoms with Crippen LogP contribution in [0.1, 0.15) is 51.3 Å². The summed E-state index contributed by atoms with van der Waals surface area (Å²) in [6.07, 6.45) is 0.933. The average molecular weight is 391 g/mol. The molecule has 0 saturated heterocycles. The van der Waals surface area contributed by atoms with Gasteiger partial charge in [0.05, 0.1) is 12.6 Å². The molecule has 0 bridgehead atoms. The summed E-state index contributed by atoms with van der Waals surface area (Å²) in [5.74, 6) is -0.0285. The number of aryl methyl sites for hydroxylation is 3. The molecular weight excluding hydrogens is 366 g/mol. The first-order chi connectivity index (χ1) is 14.0. The van der Waals surface area contributed by atoms with Crippen LogP contribution in [-0.2, 0) is 6.42 Å². The van der Waals surface area contributed by atoms with Gasteiger partial charge in [-0.05, 0) is 48.6 Å². The number of carbonyl (C=O) groups excluding carboxylic acids is 1. The van der Waals surface area contributed by atoms with Crippen molar-refractivity contribution in [2.75, 3.05) is 13.2 Å². The standard InChI is InChI=1S/C23H25N3O3/c1-4-15-5-7-16(8-6-15)21-18-19(17-12-13(2)11-14(3)22(17)28)24-25-20(18)23(29)26(21)9-10-27/h5-8,11-12,21,27-28H,4,9-10H2,1-3H3,(H,24,25). The molecule has 0 spiro atoms. The Morgan fingerprint density at radius 2 is 1.90 bits per heavy atom. The van der Waals surface area contributed by atoms with Crippen LogP contribution in [0.5, 0.6) is 5.75 Å². The van der Waals surface area contributed by atoms with Crippen LogP contribution in [0.3, 0.4) is 0 Å². The molecule has 6 nitrogen and oxygen atoms in total. The highest BCUT2D eigenvalue weighted by atomic mass is 16.3. The van der Waals surface area contributed by atoms with Crippen molar-refractivity contribution in [2.24, 2.45) is 0 Å². The predicted octanol–water partition coefficient (Wildman–Crippen LogP) is 3.50. The molecule has 1 aliphatic rings. The summed E-state index contributed by atoms with van der Waals surface area (Å²) < 4.78 is 0. The Hall–Kier alpha value is -3.12. The zero-order chi connectivity index (χ0) is 20.7. The lowest BCUT2D eigenvalue weighted by molar-refractivity contribution is 0.0706. The maximum absolute atomic E-state index is 13.0. The maximum atomic E-state index is 13.0. The molecule has 1 aromatic heterocycles. The first kappa shape index (κ1) is 19.2. The van der Waals surface area contributed by atoms with E-state index >= 15 is 0 Å². The Kier molecular flexibility index (Phi) is 4.88. The topological polar surface area (TPSA) is 89.5 Å². The number of aromatic nitrogens is 2. The molecule has 0 fully saturated rings. The molecule has 3 aromatic rings. The SMILES string of the molecule is CCc1ccc(C2c3c(-c4cc(C)cc(C)c4O)n[nH]c3C(=O)N2CCO)cc1. The van der Waals surface area contributed by atoms with Crippen molar-refractivity contribution in [3.63, 3.8) is 0 Å². The second-order valence-corrected chi connectivity index (χ2v) is 7.56. The molecule has 29 heavy (non-hydrogen) atoms. The Bertz CT molecular complexity index is 1070. The summed E-state index contributed by atoms with van der Waals surface area (Å²) in [6.45, 7) is 6.01. The number of carbonyl (C=O) groups is 1. The van der Waals surface area contributed by atoms with Crippen LogP contribution in [-0.4, -0.2) is 44.4 Å². The van der Waals surface area contributed by atoms with E-state index in [9.17, 15) is 15.0 Å². The van der Waals surface area contributed by atoms with Gasteiger partial charge in [-0.15, -0.1) is 0 Å². The number of aromatic hydroxyl groups is 1. The van der Waals surface area contributed by atoms with Crippen LogP contribution in [0.15, 0.2) is 36.4 Å². The van der Waals surface area contributed by atoms with Crippen LogP contribution in [0.4, 0.5) is 0 Å². The molecule has 150 valence electrons. The smallest absolute Gasteiger partial charge is 0.273 e. The monoisotopic (exact) mass is 391 g/mol. The van der Waals surface area contributed by atoms with Gasteiger partial charge in [0.1, 0.15) is 17.1 Å². The van der Waals surface area contributed by atoms with Gasteiger partial charge in [0, 0.05) is 17.7 Å². The van der Waals surface area contributed by atoms with Gasteiger partial charge in [-0.1, -0.05) is 37.3 Å². The second kappa shape index (κ2) is 7.37. The fourth-order valence-electron chi connectivity index (χ4n) is 4.16. The molecule has 1 aliphatic heterocycles. The molecule has 3 N–H and O–H groups in total. The third-order valence-electron chi connectivity index (χ3n) is 5.61. The lowest BCUT2D eigenvalue weighted by Crippen LogP contribution is -2.32. The van der Waals surface area contributed by atoms with Crippen LogP contribution in [0, 0.1) is 13.8 Å². The summed E-state index contributed by atoms with van der Waals surface area (Å²) >= 11 is 0. The molecule has 0 radical (unpaired) electrons. The second-order valence-electron chi connectivity index (χ2n) is 7.56. The summed E-state index contributed by atoms with van der Waals surface area (Å²) in [5, 5.41) is 27.5. The van der Waals surface area contributed by atoms with E-state index in [-0.39, 0.29) is 30.9 Å². The molecule has 0 aliphatic carbocycles. The highest BCUT2D eigenvalue weighted by Crippen LogP contribution is 2.45. The number of fused-ring (bicyclic) bond motifs is 1. The van der Waals surface area contributed by atoms with E-state index in [0.717, 1.165) is 28.7 Å². The predicted molar refractivity (Wildman–Crippen MR) is 111 cm³/mol. The largest absolute Gasteiger partial charge is 0.507 e. The van der Waals surface area contributed by atoms with E-state index in [1.165, 1.54) is 5.56 Å². The zero-order valence-electron chi connectivity index (χ0n) is 16.9. The number of aromatic amines is 1. The highest BCUT2D eigenvalue weighted by molar-refractivity contribution is 6.00. The summed E-state index contributed by atoms with van der Waals surface area (Å²) in [6, 6.07) is 11.6. The van der Waals surface area contributed by atoms with Crippen molar-refractivity contribution >= 4 is 5.91 Å². The number of rotatable bonds is 5. The molecule has 1 amide bonds. The molecule has 6 heteroatoms. The summed E-state index contributed by atoms with van der Waals surface area (Å²) in [4.78, 5) is 14.7. The molecule has 2 heterocycles. The number of phenols is 1. The lowest BCUT2D eigenvalue weighted by Gasteiger charge is -2.26. The van der Waals surface area contributed by atoms with E-state index < -0.39 is 0 Å². The van der Waals surface area contributed by atoms with E-state index in [0.29, 0.717) is 17.0 Å². The van der Waals surface area contributed by atoms with Gasteiger partial charge in [-0.2, -0.15) is 5.10 Å². The third-order valence-corrected chi connectivity index (χ3v) is 5.61. The van der Waals surface area contributed by atoms with Crippen molar-refractivity contribution in [1.29, 1.82) is 0 Å². The van der Waals surface area contributed by atoms with E-state index in [1.54, 1.807) is 4.90 Å². The van der Waals surface area contributed by atoms with E-state index in [1.807, 2.05) is 38.1 Å². The number of aliphatic hydroxyl groups excluding tert-OH is 1. The number of nitrogens with one attached hydrogen (secondary N) is 1. The summed E-state index contributed by atoms with van der Waals surface area (Å²) in [5.41, 5.74) is 6.27. The fourth-order valence-corrected chi connectivity index (χ4v) is 4.16. The minimum atomic E-state index is -0.371. The van der Waals surface area contributed by atoms with Gasteiger partial charge in [-0.3, -0.25) is 9.89 Å². The summed E-state index contributed by atoms with van der Waals surface area (Å²) in [7, 11) is 0. The van der Waals surface area contributed by atoms with Gasteiger partial charge in [0.25, 0.3) is 5.91 Å². The number of β-amino-alcohol motifs (C(OH)–C–C–N with tert-alkyl or cyclic N) is 1. The molecule has 1 unspecified atom stereocenters. The first-order valence-corrected chi connectivity index (χ1v) is 9.85.